The number of hydrogen-bond acceptors (Lipinski definition) is 5. The average Bonchev–Trinajstić information content (AvgIpc) is 3.23. The van der Waals surface area contributed by atoms with E-state index >= 15 is 0 Å². The normalized spacial score (nSPS) is 18.9. The van der Waals surface area contributed by atoms with Gasteiger partial charge in [0.25, 0.3) is 0 Å². The highest BCUT2D eigenvalue weighted by Gasteiger charge is 2.29. The van der Waals surface area contributed by atoms with E-state index in [0.717, 1.165) is 42.9 Å². The SMILES string of the molecule is Cc1cc(C2CCCN2CCn2c(=O)oc3ccccc32)on1. The van der Waals surface area contributed by atoms with Crippen LogP contribution in [0.25, 0.3) is 11.1 Å². The summed E-state index contributed by atoms with van der Waals surface area (Å²) in [6, 6.07) is 9.79. The van der Waals surface area contributed by atoms with E-state index in [1.165, 1.54) is 0 Å². The number of benzene rings is 1. The van der Waals surface area contributed by atoms with Gasteiger partial charge in [-0.15, -0.1) is 0 Å². The van der Waals surface area contributed by atoms with Crippen molar-refractivity contribution in [1.82, 2.24) is 14.6 Å². The summed E-state index contributed by atoms with van der Waals surface area (Å²) in [4.78, 5) is 14.4. The molecule has 1 unspecified atom stereocenters. The van der Waals surface area contributed by atoms with Crippen molar-refractivity contribution in [2.75, 3.05) is 13.1 Å². The van der Waals surface area contributed by atoms with Crippen molar-refractivity contribution in [3.05, 3.63) is 52.3 Å². The van der Waals surface area contributed by atoms with Crippen molar-refractivity contribution in [3.63, 3.8) is 0 Å². The van der Waals surface area contributed by atoms with Gasteiger partial charge >= 0.3 is 5.76 Å². The number of para-hydroxylation sites is 2. The second-order valence-electron chi connectivity index (χ2n) is 6.05. The van der Waals surface area contributed by atoms with Gasteiger partial charge in [-0.2, -0.15) is 0 Å². The van der Waals surface area contributed by atoms with Crippen molar-refractivity contribution >= 4 is 11.1 Å². The predicted molar refractivity (Wildman–Crippen MR) is 85.3 cm³/mol. The minimum Gasteiger partial charge on any atom is -0.408 e. The van der Waals surface area contributed by atoms with Gasteiger partial charge in [0.1, 0.15) is 0 Å². The summed E-state index contributed by atoms with van der Waals surface area (Å²) in [6.45, 7) is 4.34. The first-order chi connectivity index (χ1) is 11.2. The number of likely N-dealkylation sites (tertiary alicyclic amines) is 1. The Morgan fingerprint density at radius 1 is 1.30 bits per heavy atom. The molecule has 1 aromatic carbocycles. The van der Waals surface area contributed by atoms with Crippen molar-refractivity contribution in [2.24, 2.45) is 0 Å². The molecule has 2 aromatic heterocycles. The van der Waals surface area contributed by atoms with Crippen LogP contribution in [0.15, 0.2) is 44.1 Å². The molecule has 0 amide bonds. The summed E-state index contributed by atoms with van der Waals surface area (Å²) in [5.74, 6) is 0.627. The van der Waals surface area contributed by atoms with Gasteiger partial charge in [-0.25, -0.2) is 4.79 Å². The number of hydrogen-bond donors (Lipinski definition) is 0. The molecule has 1 saturated heterocycles. The summed E-state index contributed by atoms with van der Waals surface area (Å²) in [6.07, 6.45) is 2.20. The van der Waals surface area contributed by atoms with Gasteiger partial charge in [0, 0.05) is 19.2 Å². The lowest BCUT2D eigenvalue weighted by atomic mass is 10.1. The van der Waals surface area contributed by atoms with Crippen LogP contribution in [-0.2, 0) is 6.54 Å². The Morgan fingerprint density at radius 3 is 3.00 bits per heavy atom. The molecule has 6 heteroatoms. The number of aromatic nitrogens is 2. The van der Waals surface area contributed by atoms with Crippen molar-refractivity contribution in [2.45, 2.75) is 32.4 Å². The van der Waals surface area contributed by atoms with Gasteiger partial charge in [-0.3, -0.25) is 9.47 Å². The second-order valence-corrected chi connectivity index (χ2v) is 6.05. The molecule has 0 N–H and O–H groups in total. The summed E-state index contributed by atoms with van der Waals surface area (Å²) in [7, 11) is 0. The van der Waals surface area contributed by atoms with Gasteiger partial charge < -0.3 is 8.94 Å². The lowest BCUT2D eigenvalue weighted by Crippen LogP contribution is -2.29. The zero-order chi connectivity index (χ0) is 15.8. The lowest BCUT2D eigenvalue weighted by molar-refractivity contribution is 0.206. The molecule has 0 saturated carbocycles. The molecule has 3 heterocycles. The third-order valence-electron chi connectivity index (χ3n) is 4.52. The Bertz CT molecular complexity index is 876. The first-order valence-corrected chi connectivity index (χ1v) is 7.98. The quantitative estimate of drug-likeness (QED) is 0.741. The Labute approximate surface area is 133 Å². The van der Waals surface area contributed by atoms with Crippen LogP contribution < -0.4 is 5.76 Å². The van der Waals surface area contributed by atoms with E-state index in [1.807, 2.05) is 37.3 Å². The van der Waals surface area contributed by atoms with Crippen LogP contribution in [0, 0.1) is 6.92 Å². The van der Waals surface area contributed by atoms with E-state index in [9.17, 15) is 4.79 Å². The molecule has 1 atom stereocenters. The van der Waals surface area contributed by atoms with E-state index in [4.69, 9.17) is 8.94 Å². The second kappa shape index (κ2) is 5.70. The zero-order valence-corrected chi connectivity index (χ0v) is 13.1. The van der Waals surface area contributed by atoms with E-state index in [2.05, 4.69) is 10.1 Å². The minimum absolute atomic E-state index is 0.255. The number of oxazole rings is 1. The fourth-order valence-corrected chi connectivity index (χ4v) is 3.41. The van der Waals surface area contributed by atoms with Gasteiger partial charge in [0.2, 0.25) is 0 Å². The fraction of sp³-hybridized carbons (Fsp3) is 0.412. The molecule has 120 valence electrons. The molecular weight excluding hydrogens is 294 g/mol. The van der Waals surface area contributed by atoms with Crippen LogP contribution in [0.2, 0.25) is 0 Å². The third kappa shape index (κ3) is 2.59. The first kappa shape index (κ1) is 14.3. The molecule has 3 aromatic rings. The maximum atomic E-state index is 12.0. The lowest BCUT2D eigenvalue weighted by Gasteiger charge is -2.22. The number of nitrogens with zero attached hydrogens (tertiary/aromatic N) is 3. The fourth-order valence-electron chi connectivity index (χ4n) is 3.41. The van der Waals surface area contributed by atoms with Gasteiger partial charge in [-0.1, -0.05) is 17.3 Å². The van der Waals surface area contributed by atoms with Crippen LogP contribution in [-0.4, -0.2) is 27.7 Å². The van der Waals surface area contributed by atoms with Crippen LogP contribution in [0.5, 0.6) is 0 Å². The summed E-state index contributed by atoms with van der Waals surface area (Å²) < 4.78 is 12.4. The van der Waals surface area contributed by atoms with E-state index in [-0.39, 0.29) is 11.8 Å². The van der Waals surface area contributed by atoms with Gasteiger partial charge in [-0.05, 0) is 38.4 Å². The maximum Gasteiger partial charge on any atom is 0.419 e. The van der Waals surface area contributed by atoms with E-state index < -0.39 is 0 Å². The maximum absolute atomic E-state index is 12.0. The highest BCUT2D eigenvalue weighted by Crippen LogP contribution is 2.32. The number of rotatable bonds is 4. The molecule has 6 nitrogen and oxygen atoms in total. The summed E-state index contributed by atoms with van der Waals surface area (Å²) >= 11 is 0. The van der Waals surface area contributed by atoms with Crippen LogP contribution in [0.1, 0.15) is 30.3 Å². The van der Waals surface area contributed by atoms with E-state index in [1.54, 1.807) is 4.57 Å². The standard InChI is InChI=1S/C17H19N3O3/c1-12-11-16(23-18-12)13-6-4-8-19(13)9-10-20-14-5-2-3-7-15(14)22-17(20)21/h2-3,5,7,11,13H,4,6,8-10H2,1H3. The van der Waals surface area contributed by atoms with Crippen molar-refractivity contribution < 1.29 is 8.94 Å². The Balaban J connectivity index is 1.53. The van der Waals surface area contributed by atoms with Crippen molar-refractivity contribution in [1.29, 1.82) is 0 Å². The average molecular weight is 313 g/mol. The molecule has 1 aliphatic rings. The molecule has 0 radical (unpaired) electrons. The molecular formula is C17H19N3O3. The van der Waals surface area contributed by atoms with Crippen LogP contribution in [0.3, 0.4) is 0 Å². The van der Waals surface area contributed by atoms with Gasteiger partial charge in [0.15, 0.2) is 11.3 Å². The van der Waals surface area contributed by atoms with Crippen molar-refractivity contribution in [3.8, 4) is 0 Å². The van der Waals surface area contributed by atoms with Crippen LogP contribution in [0.4, 0.5) is 0 Å². The monoisotopic (exact) mass is 313 g/mol. The number of aryl methyl sites for hydroxylation is 1. The largest absolute Gasteiger partial charge is 0.419 e. The summed E-state index contributed by atoms with van der Waals surface area (Å²) in [5.41, 5.74) is 2.40. The third-order valence-corrected chi connectivity index (χ3v) is 4.52. The molecule has 23 heavy (non-hydrogen) atoms. The Morgan fingerprint density at radius 2 is 2.17 bits per heavy atom. The zero-order valence-electron chi connectivity index (χ0n) is 13.1. The molecule has 0 aliphatic carbocycles. The molecule has 4 rings (SSSR count). The Kier molecular flexibility index (Phi) is 3.53. The molecule has 1 aliphatic heterocycles. The topological polar surface area (TPSA) is 64.4 Å². The Hall–Kier alpha value is -2.34. The molecule has 1 fully saturated rings. The minimum atomic E-state index is -0.294. The van der Waals surface area contributed by atoms with E-state index in [0.29, 0.717) is 12.1 Å². The molecule has 0 spiro atoms. The highest BCUT2D eigenvalue weighted by molar-refractivity contribution is 5.72. The molecule has 0 bridgehead atoms. The van der Waals surface area contributed by atoms with Crippen LogP contribution >= 0.6 is 0 Å². The smallest absolute Gasteiger partial charge is 0.408 e. The predicted octanol–water partition coefficient (Wildman–Crippen LogP) is 2.73. The summed E-state index contributed by atoms with van der Waals surface area (Å²) in [5, 5.41) is 3.99. The highest BCUT2D eigenvalue weighted by atomic mass is 16.5. The van der Waals surface area contributed by atoms with Gasteiger partial charge in [0.05, 0.1) is 17.3 Å². The first-order valence-electron chi connectivity index (χ1n) is 7.98. The number of fused-ring (bicyclic) bond motifs is 1.